The van der Waals surface area contributed by atoms with Crippen LogP contribution < -0.4 is 5.73 Å². The number of thioether (sulfide) groups is 1. The highest BCUT2D eigenvalue weighted by molar-refractivity contribution is 9.10. The summed E-state index contributed by atoms with van der Waals surface area (Å²) < 4.78 is 40.7. The number of nitrogens with zero attached hydrogens (tertiary/aromatic N) is 1. The molecule has 1 fully saturated rings. The minimum absolute atomic E-state index is 0.0756. The standard InChI is InChI=1S/C11H13BrClFN2O2S2/c12-9-7(13)6-8(10(14)11(9)15)20(17,18)16-2-1-4-19-5-3-16/h6H,1-5,15H2. The van der Waals surface area contributed by atoms with Gasteiger partial charge in [-0.3, -0.25) is 0 Å². The second-order valence-corrected chi connectivity index (χ2v) is 8.60. The molecule has 2 N–H and O–H groups in total. The maximum Gasteiger partial charge on any atom is 0.246 e. The van der Waals surface area contributed by atoms with Crippen molar-refractivity contribution >= 4 is 55.0 Å². The Kier molecular flexibility index (Phi) is 5.23. The van der Waals surface area contributed by atoms with Crippen molar-refractivity contribution in [2.45, 2.75) is 11.3 Å². The highest BCUT2D eigenvalue weighted by atomic mass is 79.9. The average Bonchev–Trinajstić information content (AvgIpc) is 2.69. The minimum Gasteiger partial charge on any atom is -0.395 e. The minimum atomic E-state index is -3.92. The van der Waals surface area contributed by atoms with Gasteiger partial charge in [0.15, 0.2) is 5.82 Å². The van der Waals surface area contributed by atoms with Crippen LogP contribution in [0.1, 0.15) is 6.42 Å². The van der Waals surface area contributed by atoms with Crippen LogP contribution in [0.25, 0.3) is 0 Å². The summed E-state index contributed by atoms with van der Waals surface area (Å²) in [6, 6.07) is 1.10. The molecule has 0 bridgehead atoms. The summed E-state index contributed by atoms with van der Waals surface area (Å²) in [5.41, 5.74) is 5.26. The molecule has 1 heterocycles. The number of nitrogen functional groups attached to an aromatic ring is 1. The quantitative estimate of drug-likeness (QED) is 0.609. The summed E-state index contributed by atoms with van der Waals surface area (Å²) in [5, 5.41) is 0.0756. The van der Waals surface area contributed by atoms with Crippen molar-refractivity contribution in [3.63, 3.8) is 0 Å². The number of nitrogens with two attached hydrogens (primary N) is 1. The summed E-state index contributed by atoms with van der Waals surface area (Å²) in [4.78, 5) is -0.463. The molecule has 0 spiro atoms. The van der Waals surface area contributed by atoms with Crippen molar-refractivity contribution in [3.8, 4) is 0 Å². The van der Waals surface area contributed by atoms with Gasteiger partial charge in [-0.25, -0.2) is 12.8 Å². The Hall–Kier alpha value is -0.0200. The second-order valence-electron chi connectivity index (χ2n) is 4.27. The third-order valence-electron chi connectivity index (χ3n) is 2.96. The fourth-order valence-electron chi connectivity index (χ4n) is 1.89. The van der Waals surface area contributed by atoms with E-state index in [1.54, 1.807) is 11.8 Å². The number of benzene rings is 1. The first-order valence-electron chi connectivity index (χ1n) is 5.86. The van der Waals surface area contributed by atoms with E-state index in [1.165, 1.54) is 4.31 Å². The van der Waals surface area contributed by atoms with E-state index in [0.29, 0.717) is 18.8 Å². The van der Waals surface area contributed by atoms with Crippen LogP contribution in [0.15, 0.2) is 15.4 Å². The molecule has 9 heteroatoms. The van der Waals surface area contributed by atoms with Gasteiger partial charge in [-0.2, -0.15) is 16.1 Å². The number of rotatable bonds is 2. The zero-order valence-electron chi connectivity index (χ0n) is 10.4. The lowest BCUT2D eigenvalue weighted by atomic mass is 10.3. The van der Waals surface area contributed by atoms with Gasteiger partial charge in [-0.05, 0) is 34.2 Å². The molecule has 1 aromatic carbocycles. The van der Waals surface area contributed by atoms with E-state index in [1.807, 2.05) is 0 Å². The summed E-state index contributed by atoms with van der Waals surface area (Å²) in [6.07, 6.45) is 0.741. The topological polar surface area (TPSA) is 63.4 Å². The van der Waals surface area contributed by atoms with Crippen molar-refractivity contribution in [3.05, 3.63) is 21.4 Å². The van der Waals surface area contributed by atoms with E-state index >= 15 is 0 Å². The highest BCUT2D eigenvalue weighted by Gasteiger charge is 2.30. The van der Waals surface area contributed by atoms with E-state index in [2.05, 4.69) is 15.9 Å². The zero-order valence-corrected chi connectivity index (χ0v) is 14.4. The number of hydrogen-bond donors (Lipinski definition) is 1. The first kappa shape index (κ1) is 16.4. The largest absolute Gasteiger partial charge is 0.395 e. The number of anilines is 1. The van der Waals surface area contributed by atoms with Crippen molar-refractivity contribution in [2.24, 2.45) is 0 Å². The van der Waals surface area contributed by atoms with Gasteiger partial charge in [-0.1, -0.05) is 11.6 Å². The molecule has 1 aliphatic rings. The van der Waals surface area contributed by atoms with Crippen molar-refractivity contribution in [1.82, 2.24) is 4.31 Å². The van der Waals surface area contributed by atoms with Gasteiger partial charge in [0.05, 0.1) is 15.2 Å². The molecule has 1 aliphatic heterocycles. The fraction of sp³-hybridized carbons (Fsp3) is 0.455. The molecule has 4 nitrogen and oxygen atoms in total. The first-order valence-corrected chi connectivity index (χ1v) is 9.63. The molecule has 0 aliphatic carbocycles. The van der Waals surface area contributed by atoms with E-state index in [9.17, 15) is 12.8 Å². The van der Waals surface area contributed by atoms with E-state index in [-0.39, 0.29) is 15.2 Å². The van der Waals surface area contributed by atoms with Crippen LogP contribution in [0.2, 0.25) is 5.02 Å². The summed E-state index contributed by atoms with van der Waals surface area (Å²) >= 11 is 10.6. The molecule has 0 saturated carbocycles. The SMILES string of the molecule is Nc1c(F)c(S(=O)(=O)N2CCCSCC2)cc(Cl)c1Br. The van der Waals surface area contributed by atoms with E-state index in [4.69, 9.17) is 17.3 Å². The van der Waals surface area contributed by atoms with Gasteiger partial charge in [0.2, 0.25) is 10.0 Å². The lowest BCUT2D eigenvalue weighted by molar-refractivity contribution is 0.430. The molecular weight excluding hydrogens is 391 g/mol. The molecular formula is C11H13BrClFN2O2S2. The highest BCUT2D eigenvalue weighted by Crippen LogP contribution is 2.36. The van der Waals surface area contributed by atoms with Crippen LogP contribution in [-0.2, 0) is 10.0 Å². The molecule has 20 heavy (non-hydrogen) atoms. The van der Waals surface area contributed by atoms with Crippen LogP contribution >= 0.6 is 39.3 Å². The van der Waals surface area contributed by atoms with Gasteiger partial charge < -0.3 is 5.73 Å². The summed E-state index contributed by atoms with van der Waals surface area (Å²) in [7, 11) is -3.92. The fourth-order valence-corrected chi connectivity index (χ4v) is 5.04. The monoisotopic (exact) mass is 402 g/mol. The maximum absolute atomic E-state index is 14.2. The molecule has 112 valence electrons. The third kappa shape index (κ3) is 3.09. The van der Waals surface area contributed by atoms with Crippen LogP contribution in [0.3, 0.4) is 0 Å². The molecule has 0 aromatic heterocycles. The number of hydrogen-bond acceptors (Lipinski definition) is 4. The second kappa shape index (κ2) is 6.39. The van der Waals surface area contributed by atoms with Gasteiger partial charge in [-0.15, -0.1) is 0 Å². The Balaban J connectivity index is 2.49. The smallest absolute Gasteiger partial charge is 0.246 e. The Morgan fingerprint density at radius 2 is 2.10 bits per heavy atom. The molecule has 1 saturated heterocycles. The van der Waals surface area contributed by atoms with Crippen LogP contribution in [0, 0.1) is 5.82 Å². The van der Waals surface area contributed by atoms with Gasteiger partial charge >= 0.3 is 0 Å². The number of halogens is 3. The predicted octanol–water partition coefficient (Wildman–Crippen LogP) is 2.95. The van der Waals surface area contributed by atoms with Crippen molar-refractivity contribution < 1.29 is 12.8 Å². The van der Waals surface area contributed by atoms with Gasteiger partial charge in [0, 0.05) is 18.8 Å². The van der Waals surface area contributed by atoms with Crippen LogP contribution in [0.5, 0.6) is 0 Å². The van der Waals surface area contributed by atoms with Crippen LogP contribution in [0.4, 0.5) is 10.1 Å². The normalized spacial score (nSPS) is 17.9. The molecule has 2 rings (SSSR count). The van der Waals surface area contributed by atoms with Crippen molar-refractivity contribution in [1.29, 1.82) is 0 Å². The lowest BCUT2D eigenvalue weighted by Gasteiger charge is -2.20. The molecule has 0 radical (unpaired) electrons. The van der Waals surface area contributed by atoms with Crippen LogP contribution in [-0.4, -0.2) is 37.3 Å². The average molecular weight is 404 g/mol. The number of sulfonamides is 1. The molecule has 0 amide bonds. The Bertz CT molecular complexity index is 619. The first-order chi connectivity index (χ1) is 9.35. The third-order valence-corrected chi connectivity index (χ3v) is 7.28. The predicted molar refractivity (Wildman–Crippen MR) is 84.2 cm³/mol. The van der Waals surface area contributed by atoms with Crippen molar-refractivity contribution in [2.75, 3.05) is 30.3 Å². The maximum atomic E-state index is 14.2. The van der Waals surface area contributed by atoms with Gasteiger partial charge in [0.25, 0.3) is 0 Å². The van der Waals surface area contributed by atoms with E-state index in [0.717, 1.165) is 18.2 Å². The molecule has 1 aromatic rings. The summed E-state index contributed by atoms with van der Waals surface area (Å²) in [5.74, 6) is 0.636. The Morgan fingerprint density at radius 1 is 1.40 bits per heavy atom. The Morgan fingerprint density at radius 3 is 2.80 bits per heavy atom. The lowest BCUT2D eigenvalue weighted by Crippen LogP contribution is -2.33. The Labute approximate surface area is 135 Å². The summed E-state index contributed by atoms with van der Waals surface area (Å²) in [6.45, 7) is 0.738. The molecule has 0 unspecified atom stereocenters. The van der Waals surface area contributed by atoms with E-state index < -0.39 is 20.7 Å². The molecule has 0 atom stereocenters. The van der Waals surface area contributed by atoms with Gasteiger partial charge in [0.1, 0.15) is 4.90 Å². The zero-order chi connectivity index (χ0) is 14.9.